The molecule has 0 N–H and O–H groups in total. The zero-order valence-electron chi connectivity index (χ0n) is 17.2. The van der Waals surface area contributed by atoms with Gasteiger partial charge >= 0.3 is 0 Å². The Morgan fingerprint density at radius 1 is 1.07 bits per heavy atom. The first-order valence-electron chi connectivity index (χ1n) is 10.5. The van der Waals surface area contributed by atoms with Gasteiger partial charge in [-0.25, -0.2) is 0 Å². The monoisotopic (exact) mass is 399 g/mol. The van der Waals surface area contributed by atoms with Gasteiger partial charge in [0.1, 0.15) is 18.2 Å². The summed E-state index contributed by atoms with van der Waals surface area (Å²) >= 11 is 0. The minimum atomic E-state index is 0.0154. The third-order valence-electron chi connectivity index (χ3n) is 5.93. The highest BCUT2D eigenvalue weighted by atomic mass is 16.2. The van der Waals surface area contributed by atoms with Crippen LogP contribution in [0.2, 0.25) is 0 Å². The predicted molar refractivity (Wildman–Crippen MR) is 106 cm³/mol. The second kappa shape index (κ2) is 8.34. The molecule has 4 heterocycles. The Bertz CT molecular complexity index is 850. The fourth-order valence-electron chi connectivity index (χ4n) is 4.25. The van der Waals surface area contributed by atoms with E-state index in [1.165, 1.54) is 0 Å². The summed E-state index contributed by atoms with van der Waals surface area (Å²) in [4.78, 5) is 28.7. The van der Waals surface area contributed by atoms with Crippen molar-refractivity contribution in [3.05, 3.63) is 30.1 Å². The van der Waals surface area contributed by atoms with E-state index in [1.807, 2.05) is 35.9 Å². The lowest BCUT2D eigenvalue weighted by Gasteiger charge is -2.31. The first-order valence-corrected chi connectivity index (χ1v) is 10.5. The van der Waals surface area contributed by atoms with Crippen molar-refractivity contribution in [3.8, 4) is 0 Å². The highest BCUT2D eigenvalue weighted by Gasteiger charge is 2.30. The fourth-order valence-corrected chi connectivity index (χ4v) is 4.25. The minimum absolute atomic E-state index is 0.0154. The van der Waals surface area contributed by atoms with E-state index in [-0.39, 0.29) is 24.3 Å². The number of rotatable bonds is 4. The van der Waals surface area contributed by atoms with Gasteiger partial charge in [-0.3, -0.25) is 14.3 Å². The van der Waals surface area contributed by atoms with Crippen LogP contribution in [0.5, 0.6) is 0 Å². The third kappa shape index (κ3) is 4.18. The van der Waals surface area contributed by atoms with E-state index in [2.05, 4.69) is 19.9 Å². The maximum atomic E-state index is 12.5. The largest absolute Gasteiger partial charge is 0.341 e. The number of fused-ring (bicyclic) bond motifs is 1. The van der Waals surface area contributed by atoms with Crippen molar-refractivity contribution < 1.29 is 9.59 Å². The maximum absolute atomic E-state index is 12.5. The van der Waals surface area contributed by atoms with Gasteiger partial charge < -0.3 is 14.4 Å². The predicted octanol–water partition coefficient (Wildman–Crippen LogP) is 0.922. The Labute approximate surface area is 170 Å². The second-order valence-electron chi connectivity index (χ2n) is 8.21. The quantitative estimate of drug-likeness (QED) is 0.763. The second-order valence-corrected chi connectivity index (χ2v) is 8.21. The minimum Gasteiger partial charge on any atom is -0.341 e. The van der Waals surface area contributed by atoms with Gasteiger partial charge in [-0.05, 0) is 18.9 Å². The van der Waals surface area contributed by atoms with Crippen LogP contribution in [0.1, 0.15) is 44.3 Å². The Hall–Kier alpha value is -2.71. The molecule has 156 valence electrons. The highest BCUT2D eigenvalue weighted by molar-refractivity contribution is 5.78. The molecule has 2 amide bonds. The van der Waals surface area contributed by atoms with Crippen molar-refractivity contribution in [2.45, 2.75) is 52.1 Å². The molecule has 0 unspecified atom stereocenters. The van der Waals surface area contributed by atoms with Crippen molar-refractivity contribution in [3.63, 3.8) is 0 Å². The van der Waals surface area contributed by atoms with Crippen LogP contribution in [0.15, 0.2) is 18.5 Å². The number of carbonyl (C=O) groups excluding carboxylic acids is 2. The molecule has 0 bridgehead atoms. The standard InChI is InChI=1S/C20H29N7O2/c1-15(2)20(29)25-11-6-17-22-23-19(27(17)13-12-25)16-4-9-24(10-5-16)18(28)14-26-8-3-7-21-26/h3,7-8,15-16H,4-6,9-14H2,1-2H3. The molecule has 0 aromatic carbocycles. The number of piperidine rings is 1. The molecule has 1 saturated heterocycles. The van der Waals surface area contributed by atoms with Gasteiger partial charge in [0.05, 0.1) is 0 Å². The van der Waals surface area contributed by atoms with Crippen LogP contribution in [-0.4, -0.2) is 72.3 Å². The van der Waals surface area contributed by atoms with Crippen LogP contribution in [0, 0.1) is 5.92 Å². The van der Waals surface area contributed by atoms with Crippen molar-refractivity contribution in [2.24, 2.45) is 5.92 Å². The van der Waals surface area contributed by atoms with Crippen LogP contribution >= 0.6 is 0 Å². The first-order chi connectivity index (χ1) is 14.0. The van der Waals surface area contributed by atoms with Gasteiger partial charge in [0.15, 0.2) is 0 Å². The van der Waals surface area contributed by atoms with E-state index in [0.29, 0.717) is 19.0 Å². The van der Waals surface area contributed by atoms with E-state index in [1.54, 1.807) is 10.9 Å². The molecule has 4 rings (SSSR count). The molecule has 2 aromatic heterocycles. The molecule has 0 atom stereocenters. The number of hydrogen-bond donors (Lipinski definition) is 0. The molecule has 9 nitrogen and oxygen atoms in total. The van der Waals surface area contributed by atoms with Gasteiger partial charge in [-0.1, -0.05) is 13.8 Å². The van der Waals surface area contributed by atoms with E-state index >= 15 is 0 Å². The number of carbonyl (C=O) groups is 2. The van der Waals surface area contributed by atoms with Gasteiger partial charge in [0, 0.05) is 63.4 Å². The lowest BCUT2D eigenvalue weighted by atomic mass is 9.95. The van der Waals surface area contributed by atoms with Crippen LogP contribution in [0.3, 0.4) is 0 Å². The molecular formula is C20H29N7O2. The molecule has 0 spiro atoms. The van der Waals surface area contributed by atoms with E-state index in [9.17, 15) is 9.59 Å². The summed E-state index contributed by atoms with van der Waals surface area (Å²) in [7, 11) is 0. The zero-order valence-corrected chi connectivity index (χ0v) is 17.2. The van der Waals surface area contributed by atoms with Gasteiger partial charge in [0.2, 0.25) is 11.8 Å². The van der Waals surface area contributed by atoms with Crippen LogP contribution in [-0.2, 0) is 29.1 Å². The molecular weight excluding hydrogens is 370 g/mol. The maximum Gasteiger partial charge on any atom is 0.244 e. The van der Waals surface area contributed by atoms with Crippen LogP contribution < -0.4 is 0 Å². The molecule has 0 radical (unpaired) electrons. The SMILES string of the molecule is CC(C)C(=O)N1CCc2nnc(C3CCN(C(=O)Cn4cccn4)CC3)n2CC1. The topological polar surface area (TPSA) is 89.2 Å². The molecule has 0 saturated carbocycles. The average molecular weight is 399 g/mol. The summed E-state index contributed by atoms with van der Waals surface area (Å²) < 4.78 is 3.87. The number of amides is 2. The lowest BCUT2D eigenvalue weighted by Crippen LogP contribution is -2.40. The Kier molecular flexibility index (Phi) is 5.64. The van der Waals surface area contributed by atoms with Crippen molar-refractivity contribution in [1.29, 1.82) is 0 Å². The third-order valence-corrected chi connectivity index (χ3v) is 5.93. The van der Waals surface area contributed by atoms with E-state index < -0.39 is 0 Å². The lowest BCUT2D eigenvalue weighted by molar-refractivity contribution is -0.134. The molecule has 2 aromatic rings. The summed E-state index contributed by atoms with van der Waals surface area (Å²) in [5.74, 6) is 2.61. The molecule has 9 heteroatoms. The smallest absolute Gasteiger partial charge is 0.244 e. The van der Waals surface area contributed by atoms with Gasteiger partial charge in [-0.15, -0.1) is 10.2 Å². The van der Waals surface area contributed by atoms with Gasteiger partial charge in [0.25, 0.3) is 0 Å². The number of likely N-dealkylation sites (tertiary alicyclic amines) is 1. The van der Waals surface area contributed by atoms with Crippen molar-refractivity contribution >= 4 is 11.8 Å². The fraction of sp³-hybridized carbons (Fsp3) is 0.650. The summed E-state index contributed by atoms with van der Waals surface area (Å²) in [6.45, 7) is 7.79. The normalized spacial score (nSPS) is 18.0. The molecule has 29 heavy (non-hydrogen) atoms. The summed E-state index contributed by atoms with van der Waals surface area (Å²) in [6, 6.07) is 1.83. The van der Waals surface area contributed by atoms with E-state index in [0.717, 1.165) is 50.5 Å². The number of nitrogens with zero attached hydrogens (tertiary/aromatic N) is 7. The van der Waals surface area contributed by atoms with Crippen LogP contribution in [0.4, 0.5) is 0 Å². The number of aromatic nitrogens is 5. The molecule has 0 aliphatic carbocycles. The van der Waals surface area contributed by atoms with Gasteiger partial charge in [-0.2, -0.15) is 5.10 Å². The summed E-state index contributed by atoms with van der Waals surface area (Å²) in [6.07, 6.45) is 6.01. The number of hydrogen-bond acceptors (Lipinski definition) is 5. The highest BCUT2D eigenvalue weighted by Crippen LogP contribution is 2.28. The zero-order chi connectivity index (χ0) is 20.4. The average Bonchev–Trinajstić information content (AvgIpc) is 3.33. The molecule has 1 fully saturated rings. The Balaban J connectivity index is 1.36. The summed E-state index contributed by atoms with van der Waals surface area (Å²) in [5.41, 5.74) is 0. The van der Waals surface area contributed by atoms with Crippen molar-refractivity contribution in [1.82, 2.24) is 34.3 Å². The molecule has 2 aliphatic rings. The molecule has 2 aliphatic heterocycles. The van der Waals surface area contributed by atoms with E-state index in [4.69, 9.17) is 0 Å². The Morgan fingerprint density at radius 3 is 2.55 bits per heavy atom. The summed E-state index contributed by atoms with van der Waals surface area (Å²) in [5, 5.41) is 13.0. The van der Waals surface area contributed by atoms with Crippen molar-refractivity contribution in [2.75, 3.05) is 26.2 Å². The van der Waals surface area contributed by atoms with Crippen LogP contribution in [0.25, 0.3) is 0 Å². The Morgan fingerprint density at radius 2 is 1.86 bits per heavy atom. The first kappa shape index (κ1) is 19.6.